The number of nitrogens with zero attached hydrogens (tertiary/aromatic N) is 2. The summed E-state index contributed by atoms with van der Waals surface area (Å²) in [6, 6.07) is 17.5. The van der Waals surface area contributed by atoms with Crippen LogP contribution in [0.1, 0.15) is 54.7 Å². The van der Waals surface area contributed by atoms with Crippen LogP contribution in [-0.4, -0.2) is 43.9 Å². The number of aromatic nitrogens is 3. The van der Waals surface area contributed by atoms with Crippen LogP contribution in [0.5, 0.6) is 5.75 Å². The largest absolute Gasteiger partial charge is 0.478 e. The lowest BCUT2D eigenvalue weighted by molar-refractivity contribution is -0.131. The highest BCUT2D eigenvalue weighted by Gasteiger charge is 2.61. The predicted molar refractivity (Wildman–Crippen MR) is 188 cm³/mol. The molecular weight excluding hydrogens is 662 g/mol. The summed E-state index contributed by atoms with van der Waals surface area (Å²) in [6.45, 7) is 3.91. The number of carboxylic acid groups (broad SMARTS) is 1. The van der Waals surface area contributed by atoms with Crippen LogP contribution in [0.4, 0.5) is 5.69 Å². The number of allylic oxidation sites excluding steroid dienone is 1. The summed E-state index contributed by atoms with van der Waals surface area (Å²) in [6.07, 6.45) is 4.79. The van der Waals surface area contributed by atoms with Crippen molar-refractivity contribution in [2.75, 3.05) is 5.32 Å². The Balaban J connectivity index is 1.27. The average molecular weight is 694 g/mol. The maximum atomic E-state index is 14.1. The summed E-state index contributed by atoms with van der Waals surface area (Å²) in [5.41, 5.74) is 6.51. The number of carbonyl (C=O) groups is 3. The molecule has 52 heavy (non-hydrogen) atoms. The molecule has 12 nitrogen and oxygen atoms in total. The minimum atomic E-state index is -1.24. The first kappa shape index (κ1) is 30.4. The third-order valence-electron chi connectivity index (χ3n) is 10.8. The van der Waals surface area contributed by atoms with Crippen LogP contribution in [-0.2, 0) is 26.2 Å². The molecule has 1 unspecified atom stereocenters. The van der Waals surface area contributed by atoms with Crippen molar-refractivity contribution in [1.82, 2.24) is 20.3 Å². The van der Waals surface area contributed by atoms with Gasteiger partial charge in [0.15, 0.2) is 29.2 Å². The number of fused-ring (bicyclic) bond motifs is 7. The van der Waals surface area contributed by atoms with Crippen molar-refractivity contribution in [2.45, 2.75) is 44.4 Å². The Labute approximate surface area is 295 Å². The number of anilines is 1. The number of oxazole rings is 2. The van der Waals surface area contributed by atoms with Crippen molar-refractivity contribution in [3.63, 3.8) is 0 Å². The van der Waals surface area contributed by atoms with Gasteiger partial charge in [0.25, 0.3) is 0 Å². The molecule has 1 spiro atoms. The molecule has 10 rings (SSSR count). The Bertz CT molecular complexity index is 2560. The van der Waals surface area contributed by atoms with E-state index in [1.54, 1.807) is 6.20 Å². The summed E-state index contributed by atoms with van der Waals surface area (Å²) in [5, 5.41) is 17.0. The van der Waals surface area contributed by atoms with Crippen molar-refractivity contribution in [1.29, 1.82) is 0 Å². The zero-order valence-corrected chi connectivity index (χ0v) is 28.0. The van der Waals surface area contributed by atoms with Crippen LogP contribution >= 0.6 is 0 Å². The molecule has 10 bridgehead atoms. The number of H-pyrrole nitrogens is 1. The van der Waals surface area contributed by atoms with Gasteiger partial charge in [0, 0.05) is 63.5 Å². The van der Waals surface area contributed by atoms with Gasteiger partial charge < -0.3 is 34.3 Å². The smallest absolute Gasteiger partial charge is 0.328 e. The standard InChI is InChI=1S/C40H31N5O7/c1-18(2)32-38-44-34-35(52-38)40-25-7-3-6-23(22-5-4-8-27-31(22)24(16-41-27)29-17-42-37(34)50-29)33(25)45-39(40)51-28-11-9-19(14-26(28)40)13-20(36(49)43-32)15-21(46)10-12-30(47)48/h3-12,14,16-18,20,32,39,41,45H,13,15H2,1-2H3,(H,43,49)(H,47,48)/b12-10+/t20-,32+,39+,40?/m1/s1. The van der Waals surface area contributed by atoms with E-state index in [2.05, 4.69) is 33.8 Å². The number of carbonyl (C=O) groups excluding carboxylic acids is 2. The number of benzene rings is 3. The minimum Gasteiger partial charge on any atom is -0.478 e. The fourth-order valence-corrected chi connectivity index (χ4v) is 8.45. The van der Waals surface area contributed by atoms with Gasteiger partial charge in [-0.2, -0.15) is 0 Å². The van der Waals surface area contributed by atoms with Gasteiger partial charge in [-0.05, 0) is 41.7 Å². The lowest BCUT2D eigenvalue weighted by atomic mass is 9.72. The van der Waals surface area contributed by atoms with Crippen molar-refractivity contribution in [2.24, 2.45) is 11.8 Å². The number of hydrogen-bond acceptors (Lipinski definition) is 9. The molecule has 4 aliphatic heterocycles. The van der Waals surface area contributed by atoms with E-state index >= 15 is 0 Å². The lowest BCUT2D eigenvalue weighted by Crippen LogP contribution is -2.40. The van der Waals surface area contributed by atoms with E-state index in [4.69, 9.17) is 28.6 Å². The van der Waals surface area contributed by atoms with Gasteiger partial charge in [0.2, 0.25) is 17.7 Å². The predicted octanol–water partition coefficient (Wildman–Crippen LogP) is 6.52. The van der Waals surface area contributed by atoms with Crippen molar-refractivity contribution < 1.29 is 33.1 Å². The number of rotatable bonds is 5. The van der Waals surface area contributed by atoms with Crippen LogP contribution < -0.4 is 15.4 Å². The molecule has 3 aromatic carbocycles. The topological polar surface area (TPSA) is 173 Å². The fraction of sp³-hybridized carbons (Fsp3) is 0.225. The van der Waals surface area contributed by atoms with Crippen LogP contribution in [0.25, 0.3) is 44.9 Å². The Morgan fingerprint density at radius 2 is 1.87 bits per heavy atom. The molecule has 1 amide bonds. The van der Waals surface area contributed by atoms with E-state index in [1.807, 2.05) is 56.4 Å². The first-order valence-electron chi connectivity index (χ1n) is 17.2. The van der Waals surface area contributed by atoms with Gasteiger partial charge in [-0.15, -0.1) is 0 Å². The highest BCUT2D eigenvalue weighted by atomic mass is 16.5. The summed E-state index contributed by atoms with van der Waals surface area (Å²) in [4.78, 5) is 51.5. The maximum Gasteiger partial charge on any atom is 0.328 e. The van der Waals surface area contributed by atoms with Gasteiger partial charge in [-0.25, -0.2) is 14.8 Å². The van der Waals surface area contributed by atoms with Crippen molar-refractivity contribution in [3.05, 3.63) is 107 Å². The van der Waals surface area contributed by atoms with Gasteiger partial charge in [-0.1, -0.05) is 56.3 Å². The van der Waals surface area contributed by atoms with Crippen LogP contribution in [0.2, 0.25) is 0 Å². The van der Waals surface area contributed by atoms with Gasteiger partial charge >= 0.3 is 5.97 Å². The first-order chi connectivity index (χ1) is 25.2. The Morgan fingerprint density at radius 1 is 1.02 bits per heavy atom. The maximum absolute atomic E-state index is 14.1. The average Bonchev–Trinajstić information content (AvgIpc) is 3.95. The van der Waals surface area contributed by atoms with Crippen LogP contribution in [0.3, 0.4) is 0 Å². The second kappa shape index (κ2) is 10.8. The molecule has 0 saturated carbocycles. The number of aliphatic carboxylic acids is 1. The first-order valence-corrected chi connectivity index (χ1v) is 17.2. The summed E-state index contributed by atoms with van der Waals surface area (Å²) in [5.74, 6) is -0.898. The van der Waals surface area contributed by atoms with Crippen LogP contribution in [0.15, 0.2) is 88.0 Å². The number of amides is 1. The second-order valence-corrected chi connectivity index (χ2v) is 14.2. The van der Waals surface area contributed by atoms with Crippen LogP contribution in [0, 0.1) is 11.8 Å². The van der Waals surface area contributed by atoms with E-state index in [0.29, 0.717) is 23.0 Å². The molecule has 258 valence electrons. The van der Waals surface area contributed by atoms with E-state index in [1.165, 1.54) is 0 Å². The molecule has 6 aromatic rings. The molecule has 0 radical (unpaired) electrons. The molecule has 0 saturated heterocycles. The highest BCUT2D eigenvalue weighted by molar-refractivity contribution is 6.07. The Hall–Kier alpha value is -6.43. The Morgan fingerprint density at radius 3 is 2.71 bits per heavy atom. The third kappa shape index (κ3) is 4.17. The van der Waals surface area contributed by atoms with E-state index in [0.717, 1.165) is 62.1 Å². The van der Waals surface area contributed by atoms with E-state index < -0.39 is 35.4 Å². The molecular formula is C40H31N5O7. The summed E-state index contributed by atoms with van der Waals surface area (Å²) in [7, 11) is 0. The molecule has 12 heteroatoms. The molecule has 0 fully saturated rings. The molecule has 4 aliphatic rings. The molecule has 4 N–H and O–H groups in total. The lowest BCUT2D eigenvalue weighted by Gasteiger charge is -2.28. The second-order valence-electron chi connectivity index (χ2n) is 14.2. The number of para-hydroxylation sites is 1. The zero-order chi connectivity index (χ0) is 35.5. The number of carboxylic acids is 1. The van der Waals surface area contributed by atoms with Gasteiger partial charge in [0.05, 0.1) is 6.20 Å². The number of nitrogens with one attached hydrogen (secondary N) is 3. The van der Waals surface area contributed by atoms with Crippen molar-refractivity contribution in [3.8, 4) is 39.8 Å². The monoisotopic (exact) mass is 693 g/mol. The number of hydrogen-bond donors (Lipinski definition) is 4. The number of aromatic amines is 1. The summed E-state index contributed by atoms with van der Waals surface area (Å²) >= 11 is 0. The normalized spacial score (nSPS) is 22.0. The third-order valence-corrected chi connectivity index (χ3v) is 10.8. The zero-order valence-electron chi connectivity index (χ0n) is 28.0. The molecule has 7 heterocycles. The fourth-order valence-electron chi connectivity index (χ4n) is 8.45. The van der Waals surface area contributed by atoms with Gasteiger partial charge in [-0.3, -0.25) is 9.59 Å². The number of ether oxygens (including phenoxy) is 1. The summed E-state index contributed by atoms with van der Waals surface area (Å²) < 4.78 is 20.3. The molecule has 3 aromatic heterocycles. The van der Waals surface area contributed by atoms with Crippen molar-refractivity contribution >= 4 is 34.3 Å². The molecule has 4 atom stereocenters. The van der Waals surface area contributed by atoms with E-state index in [-0.39, 0.29) is 36.4 Å². The highest BCUT2D eigenvalue weighted by Crippen LogP contribution is 2.61. The number of ketones is 1. The Kier molecular flexibility index (Phi) is 6.31. The minimum absolute atomic E-state index is 0.179. The SMILES string of the molecule is CC(C)[C@@H]1NC(=O)[C@@H](CC(=O)/C=C/C(=O)O)Cc2ccc3c(c2)C24c5cccc(c5N[C@H]2O3)-c2cccc3[nH]cc(c23)-c2cnc(o2)-c2nc1oc24. The quantitative estimate of drug-likeness (QED) is 0.146. The molecule has 0 aliphatic carbocycles. The van der Waals surface area contributed by atoms with Gasteiger partial charge in [0.1, 0.15) is 17.2 Å². The van der Waals surface area contributed by atoms with E-state index in [9.17, 15) is 14.4 Å².